The van der Waals surface area contributed by atoms with E-state index in [2.05, 4.69) is 20.7 Å². The van der Waals surface area contributed by atoms with Crippen molar-refractivity contribution in [3.05, 3.63) is 48.8 Å². The summed E-state index contributed by atoms with van der Waals surface area (Å²) < 4.78 is 26.2. The van der Waals surface area contributed by atoms with Crippen molar-refractivity contribution in [1.29, 1.82) is 0 Å². The molecule has 0 amide bonds. The Labute approximate surface area is 142 Å². The molecular weight excluding hydrogens is 326 g/mol. The van der Waals surface area contributed by atoms with Crippen molar-refractivity contribution in [2.24, 2.45) is 4.99 Å². The first kappa shape index (κ1) is 18.0. The van der Waals surface area contributed by atoms with Crippen LogP contribution >= 0.6 is 0 Å². The molecule has 0 unspecified atom stereocenters. The summed E-state index contributed by atoms with van der Waals surface area (Å²) in [6.07, 6.45) is 4.56. The van der Waals surface area contributed by atoms with E-state index in [-0.39, 0.29) is 5.75 Å². The number of hydrogen-bond donors (Lipinski definition) is 2. The van der Waals surface area contributed by atoms with Gasteiger partial charge >= 0.3 is 0 Å². The van der Waals surface area contributed by atoms with Gasteiger partial charge < -0.3 is 10.6 Å². The SMILES string of the molecule is CN=C(NCCCn1cccn1)NCCS(=O)(=O)c1ccccc1. The van der Waals surface area contributed by atoms with Gasteiger partial charge in [0.25, 0.3) is 0 Å². The molecule has 0 aliphatic heterocycles. The van der Waals surface area contributed by atoms with E-state index in [4.69, 9.17) is 0 Å². The Morgan fingerprint density at radius 3 is 2.58 bits per heavy atom. The third-order valence-electron chi connectivity index (χ3n) is 3.40. The zero-order chi connectivity index (χ0) is 17.3. The van der Waals surface area contributed by atoms with E-state index in [1.54, 1.807) is 43.6 Å². The molecule has 130 valence electrons. The quantitative estimate of drug-likeness (QED) is 0.420. The highest BCUT2D eigenvalue weighted by atomic mass is 32.2. The van der Waals surface area contributed by atoms with Crippen LogP contribution in [-0.4, -0.2) is 50.0 Å². The summed E-state index contributed by atoms with van der Waals surface area (Å²) in [6.45, 7) is 1.85. The maximum absolute atomic E-state index is 12.2. The molecule has 1 aromatic heterocycles. The summed E-state index contributed by atoms with van der Waals surface area (Å²) in [4.78, 5) is 4.43. The Hall–Kier alpha value is -2.35. The number of aliphatic imine (C=N–C) groups is 1. The molecule has 1 aromatic carbocycles. The van der Waals surface area contributed by atoms with Gasteiger partial charge in [-0.25, -0.2) is 8.42 Å². The molecule has 0 saturated carbocycles. The predicted octanol–water partition coefficient (Wildman–Crippen LogP) is 0.912. The highest BCUT2D eigenvalue weighted by Crippen LogP contribution is 2.09. The first-order valence-corrected chi connectivity index (χ1v) is 9.47. The molecule has 0 fully saturated rings. The van der Waals surface area contributed by atoms with E-state index in [0.29, 0.717) is 17.4 Å². The number of hydrogen-bond acceptors (Lipinski definition) is 4. The lowest BCUT2D eigenvalue weighted by Crippen LogP contribution is -2.40. The van der Waals surface area contributed by atoms with Crippen LogP contribution in [0.5, 0.6) is 0 Å². The van der Waals surface area contributed by atoms with Gasteiger partial charge in [-0.3, -0.25) is 9.67 Å². The minimum atomic E-state index is -3.28. The molecule has 24 heavy (non-hydrogen) atoms. The predicted molar refractivity (Wildman–Crippen MR) is 94.7 cm³/mol. The first-order chi connectivity index (χ1) is 11.6. The van der Waals surface area contributed by atoms with E-state index < -0.39 is 9.84 Å². The third-order valence-corrected chi connectivity index (χ3v) is 5.14. The molecule has 7 nitrogen and oxygen atoms in total. The van der Waals surface area contributed by atoms with Crippen LogP contribution in [0.4, 0.5) is 0 Å². The van der Waals surface area contributed by atoms with Crippen molar-refractivity contribution in [3.63, 3.8) is 0 Å². The number of aromatic nitrogens is 2. The Morgan fingerprint density at radius 2 is 1.92 bits per heavy atom. The summed E-state index contributed by atoms with van der Waals surface area (Å²) in [6, 6.07) is 10.4. The molecule has 2 N–H and O–H groups in total. The number of nitrogens with one attached hydrogen (secondary N) is 2. The fraction of sp³-hybridized carbons (Fsp3) is 0.375. The maximum atomic E-state index is 12.2. The van der Waals surface area contributed by atoms with E-state index in [1.165, 1.54) is 0 Å². The summed E-state index contributed by atoms with van der Waals surface area (Å²) in [5, 5.41) is 10.3. The molecule has 2 aromatic rings. The number of nitrogens with zero attached hydrogens (tertiary/aromatic N) is 3. The molecule has 0 radical (unpaired) electrons. The minimum absolute atomic E-state index is 0.0188. The number of aryl methyl sites for hydroxylation is 1. The second kappa shape index (κ2) is 9.07. The Kier molecular flexibility index (Phi) is 6.80. The standard InChI is InChI=1S/C16H23N5O2S/c1-17-16(18-9-5-12-21-13-6-10-20-21)19-11-14-24(22,23)15-7-3-2-4-8-15/h2-4,6-8,10,13H,5,9,11-12,14H2,1H3,(H2,17,18,19). The van der Waals surface area contributed by atoms with E-state index in [0.717, 1.165) is 19.5 Å². The fourth-order valence-corrected chi connectivity index (χ4v) is 3.33. The molecular formula is C16H23N5O2S. The van der Waals surface area contributed by atoms with Crippen LogP contribution in [0.25, 0.3) is 0 Å². The third kappa shape index (κ3) is 5.69. The van der Waals surface area contributed by atoms with Gasteiger partial charge in [0.15, 0.2) is 15.8 Å². The van der Waals surface area contributed by atoms with Crippen molar-refractivity contribution in [3.8, 4) is 0 Å². The largest absolute Gasteiger partial charge is 0.356 e. The van der Waals surface area contributed by atoms with Crippen LogP contribution in [0.3, 0.4) is 0 Å². The van der Waals surface area contributed by atoms with Crippen LogP contribution < -0.4 is 10.6 Å². The van der Waals surface area contributed by atoms with Gasteiger partial charge in [-0.15, -0.1) is 0 Å². The molecule has 0 aliphatic carbocycles. The van der Waals surface area contributed by atoms with Gasteiger partial charge in [0.2, 0.25) is 0 Å². The Balaban J connectivity index is 1.70. The molecule has 0 saturated heterocycles. The first-order valence-electron chi connectivity index (χ1n) is 7.81. The summed E-state index contributed by atoms with van der Waals surface area (Å²) in [7, 11) is -1.61. The zero-order valence-corrected chi connectivity index (χ0v) is 14.5. The fourth-order valence-electron chi connectivity index (χ4n) is 2.15. The van der Waals surface area contributed by atoms with Gasteiger partial charge in [-0.05, 0) is 24.6 Å². The van der Waals surface area contributed by atoms with Gasteiger partial charge in [0, 0.05) is 39.1 Å². The minimum Gasteiger partial charge on any atom is -0.356 e. The van der Waals surface area contributed by atoms with Crippen LogP contribution in [-0.2, 0) is 16.4 Å². The Bertz CT molecular complexity index is 727. The molecule has 1 heterocycles. The second-order valence-corrected chi connectivity index (χ2v) is 7.29. The smallest absolute Gasteiger partial charge is 0.191 e. The molecule has 0 bridgehead atoms. The number of benzene rings is 1. The van der Waals surface area contributed by atoms with Gasteiger partial charge in [-0.2, -0.15) is 5.10 Å². The number of guanidine groups is 1. The normalized spacial score (nSPS) is 12.1. The van der Waals surface area contributed by atoms with Crippen molar-refractivity contribution >= 4 is 15.8 Å². The maximum Gasteiger partial charge on any atom is 0.191 e. The van der Waals surface area contributed by atoms with E-state index in [9.17, 15) is 8.42 Å². The second-order valence-electron chi connectivity index (χ2n) is 5.18. The molecule has 8 heteroatoms. The van der Waals surface area contributed by atoms with Crippen LogP contribution in [0.1, 0.15) is 6.42 Å². The summed E-state index contributed by atoms with van der Waals surface area (Å²) >= 11 is 0. The number of sulfone groups is 1. The molecule has 0 atom stereocenters. The van der Waals surface area contributed by atoms with Crippen molar-refractivity contribution in [1.82, 2.24) is 20.4 Å². The lowest BCUT2D eigenvalue weighted by atomic mass is 10.4. The lowest BCUT2D eigenvalue weighted by Gasteiger charge is -2.12. The van der Waals surface area contributed by atoms with E-state index in [1.807, 2.05) is 16.9 Å². The van der Waals surface area contributed by atoms with Crippen LogP contribution in [0, 0.1) is 0 Å². The van der Waals surface area contributed by atoms with Crippen molar-refractivity contribution in [2.75, 3.05) is 25.9 Å². The van der Waals surface area contributed by atoms with Crippen molar-refractivity contribution < 1.29 is 8.42 Å². The molecule has 0 spiro atoms. The molecule has 2 rings (SSSR count). The average Bonchev–Trinajstić information content (AvgIpc) is 3.11. The summed E-state index contributed by atoms with van der Waals surface area (Å²) in [5.74, 6) is 0.615. The number of rotatable bonds is 8. The molecule has 0 aliphatic rings. The van der Waals surface area contributed by atoms with E-state index >= 15 is 0 Å². The lowest BCUT2D eigenvalue weighted by molar-refractivity contribution is 0.570. The zero-order valence-electron chi connectivity index (χ0n) is 13.7. The van der Waals surface area contributed by atoms with Gasteiger partial charge in [0.1, 0.15) is 0 Å². The van der Waals surface area contributed by atoms with Gasteiger partial charge in [0.05, 0.1) is 10.6 Å². The highest BCUT2D eigenvalue weighted by Gasteiger charge is 2.13. The van der Waals surface area contributed by atoms with Crippen LogP contribution in [0.15, 0.2) is 58.7 Å². The topological polar surface area (TPSA) is 88.4 Å². The summed E-state index contributed by atoms with van der Waals surface area (Å²) in [5.41, 5.74) is 0. The van der Waals surface area contributed by atoms with Crippen LogP contribution in [0.2, 0.25) is 0 Å². The average molecular weight is 349 g/mol. The monoisotopic (exact) mass is 349 g/mol. The highest BCUT2D eigenvalue weighted by molar-refractivity contribution is 7.91. The van der Waals surface area contributed by atoms with Gasteiger partial charge in [-0.1, -0.05) is 18.2 Å². The van der Waals surface area contributed by atoms with Crippen molar-refractivity contribution in [2.45, 2.75) is 17.9 Å². The Morgan fingerprint density at radius 1 is 1.17 bits per heavy atom.